The van der Waals surface area contributed by atoms with Crippen molar-refractivity contribution < 1.29 is 9.90 Å². The average molecular weight is 251 g/mol. The molecule has 0 unspecified atom stereocenters. The van der Waals surface area contributed by atoms with E-state index in [1.54, 1.807) is 17.2 Å². The molecular formula is C13H21N3O2. The summed E-state index contributed by atoms with van der Waals surface area (Å²) in [4.78, 5) is 17.7. The van der Waals surface area contributed by atoms with Crippen LogP contribution in [0.1, 0.15) is 25.5 Å². The number of nitrogens with one attached hydrogen (secondary N) is 1. The first-order valence-corrected chi connectivity index (χ1v) is 6.26. The summed E-state index contributed by atoms with van der Waals surface area (Å²) in [7, 11) is 0. The number of rotatable bonds is 6. The van der Waals surface area contributed by atoms with E-state index in [1.807, 2.05) is 13.0 Å². The summed E-state index contributed by atoms with van der Waals surface area (Å²) in [5.41, 5.74) is 1.59. The lowest BCUT2D eigenvalue weighted by molar-refractivity contribution is 0.187. The highest BCUT2D eigenvalue weighted by molar-refractivity contribution is 5.89. The van der Waals surface area contributed by atoms with Gasteiger partial charge in [-0.05, 0) is 25.5 Å². The van der Waals surface area contributed by atoms with Crippen LogP contribution >= 0.6 is 0 Å². The Morgan fingerprint density at radius 2 is 2.28 bits per heavy atom. The van der Waals surface area contributed by atoms with Crippen LogP contribution in [0.5, 0.6) is 0 Å². The number of aryl methyl sites for hydroxylation is 1. The first kappa shape index (κ1) is 14.4. The standard InChI is InChI=1S/C13H21N3O2/c1-3-4-7-16(8-9-17)13(18)15-12-5-6-14-11(2)10-12/h5-6,10,17H,3-4,7-9H2,1-2H3,(H,14,15,18). The Hall–Kier alpha value is -1.62. The summed E-state index contributed by atoms with van der Waals surface area (Å²) in [5, 5.41) is 11.8. The molecule has 0 saturated heterocycles. The highest BCUT2D eigenvalue weighted by Crippen LogP contribution is 2.08. The minimum Gasteiger partial charge on any atom is -0.395 e. The van der Waals surface area contributed by atoms with Crippen molar-refractivity contribution in [3.63, 3.8) is 0 Å². The number of aromatic nitrogens is 1. The van der Waals surface area contributed by atoms with Crippen LogP contribution < -0.4 is 5.32 Å². The molecule has 0 aliphatic rings. The Bertz CT molecular complexity index is 382. The molecule has 0 aromatic carbocycles. The van der Waals surface area contributed by atoms with E-state index in [1.165, 1.54) is 0 Å². The minimum atomic E-state index is -0.178. The summed E-state index contributed by atoms with van der Waals surface area (Å²) in [6.45, 7) is 4.94. The molecule has 100 valence electrons. The van der Waals surface area contributed by atoms with Gasteiger partial charge in [0.2, 0.25) is 0 Å². The second-order valence-corrected chi connectivity index (χ2v) is 4.18. The summed E-state index contributed by atoms with van der Waals surface area (Å²) < 4.78 is 0. The van der Waals surface area contributed by atoms with Crippen LogP contribution in [0.4, 0.5) is 10.5 Å². The molecule has 0 aliphatic carbocycles. The minimum absolute atomic E-state index is 0.0213. The molecule has 1 aromatic rings. The van der Waals surface area contributed by atoms with E-state index in [9.17, 15) is 4.79 Å². The van der Waals surface area contributed by atoms with Crippen LogP contribution in [0, 0.1) is 6.92 Å². The molecule has 2 amide bonds. The number of hydrogen-bond donors (Lipinski definition) is 2. The smallest absolute Gasteiger partial charge is 0.321 e. The Morgan fingerprint density at radius 3 is 2.89 bits per heavy atom. The van der Waals surface area contributed by atoms with Crippen LogP contribution in [0.15, 0.2) is 18.3 Å². The number of nitrogens with zero attached hydrogens (tertiary/aromatic N) is 2. The molecule has 1 heterocycles. The van der Waals surface area contributed by atoms with E-state index >= 15 is 0 Å². The van der Waals surface area contributed by atoms with Crippen LogP contribution in [0.3, 0.4) is 0 Å². The molecule has 1 aromatic heterocycles. The maximum absolute atomic E-state index is 12.0. The molecule has 18 heavy (non-hydrogen) atoms. The average Bonchev–Trinajstić information content (AvgIpc) is 2.34. The first-order valence-electron chi connectivity index (χ1n) is 6.26. The second kappa shape index (κ2) is 7.66. The quantitative estimate of drug-likeness (QED) is 0.813. The van der Waals surface area contributed by atoms with Crippen molar-refractivity contribution in [1.29, 1.82) is 0 Å². The number of carbonyl (C=O) groups excluding carboxylic acids is 1. The van der Waals surface area contributed by atoms with Gasteiger partial charge in [-0.2, -0.15) is 0 Å². The van der Waals surface area contributed by atoms with E-state index < -0.39 is 0 Å². The van der Waals surface area contributed by atoms with Crippen LogP contribution in [0.25, 0.3) is 0 Å². The van der Waals surface area contributed by atoms with Gasteiger partial charge in [-0.3, -0.25) is 4.98 Å². The van der Waals surface area contributed by atoms with Crippen molar-refractivity contribution in [1.82, 2.24) is 9.88 Å². The SMILES string of the molecule is CCCCN(CCO)C(=O)Nc1ccnc(C)c1. The fourth-order valence-electron chi connectivity index (χ4n) is 1.61. The molecule has 0 radical (unpaired) electrons. The number of amides is 2. The third kappa shape index (κ3) is 4.71. The van der Waals surface area contributed by atoms with E-state index in [0.29, 0.717) is 13.1 Å². The normalized spacial score (nSPS) is 10.2. The van der Waals surface area contributed by atoms with Gasteiger partial charge in [-0.15, -0.1) is 0 Å². The number of pyridine rings is 1. The highest BCUT2D eigenvalue weighted by Gasteiger charge is 2.12. The fourth-order valence-corrected chi connectivity index (χ4v) is 1.61. The Balaban J connectivity index is 2.60. The third-order valence-electron chi connectivity index (χ3n) is 2.59. The van der Waals surface area contributed by atoms with E-state index in [-0.39, 0.29) is 12.6 Å². The van der Waals surface area contributed by atoms with Gasteiger partial charge in [0.05, 0.1) is 6.61 Å². The molecule has 1 rings (SSSR count). The molecule has 2 N–H and O–H groups in total. The number of unbranched alkanes of at least 4 members (excludes halogenated alkanes) is 1. The monoisotopic (exact) mass is 251 g/mol. The van der Waals surface area contributed by atoms with E-state index in [2.05, 4.69) is 17.2 Å². The summed E-state index contributed by atoms with van der Waals surface area (Å²) >= 11 is 0. The summed E-state index contributed by atoms with van der Waals surface area (Å²) in [6.07, 6.45) is 3.61. The van der Waals surface area contributed by atoms with Gasteiger partial charge in [-0.25, -0.2) is 4.79 Å². The number of aliphatic hydroxyl groups excluding tert-OH is 1. The molecule has 0 bridgehead atoms. The Labute approximate surface area is 108 Å². The number of anilines is 1. The van der Waals surface area contributed by atoms with Gasteiger partial charge in [0.15, 0.2) is 0 Å². The molecule has 0 fully saturated rings. The lowest BCUT2D eigenvalue weighted by Gasteiger charge is -2.22. The van der Waals surface area contributed by atoms with Gasteiger partial charge in [-0.1, -0.05) is 13.3 Å². The Morgan fingerprint density at radius 1 is 1.50 bits per heavy atom. The maximum atomic E-state index is 12.0. The highest BCUT2D eigenvalue weighted by atomic mass is 16.3. The predicted octanol–water partition coefficient (Wildman–Crippen LogP) is 2.02. The molecule has 5 nitrogen and oxygen atoms in total. The topological polar surface area (TPSA) is 65.5 Å². The van der Waals surface area contributed by atoms with Crippen molar-refractivity contribution in [2.75, 3.05) is 25.0 Å². The zero-order chi connectivity index (χ0) is 13.4. The van der Waals surface area contributed by atoms with Gasteiger partial charge >= 0.3 is 6.03 Å². The molecule has 5 heteroatoms. The third-order valence-corrected chi connectivity index (χ3v) is 2.59. The Kier molecular flexibility index (Phi) is 6.14. The van der Waals surface area contributed by atoms with Gasteiger partial charge in [0, 0.05) is 30.7 Å². The summed E-state index contributed by atoms with van der Waals surface area (Å²) in [5.74, 6) is 0. The second-order valence-electron chi connectivity index (χ2n) is 4.18. The molecule has 0 saturated carbocycles. The number of aliphatic hydroxyl groups is 1. The van der Waals surface area contributed by atoms with Crippen molar-refractivity contribution >= 4 is 11.7 Å². The lowest BCUT2D eigenvalue weighted by atomic mass is 10.3. The van der Waals surface area contributed by atoms with Crippen molar-refractivity contribution in [2.45, 2.75) is 26.7 Å². The van der Waals surface area contributed by atoms with Gasteiger partial charge in [0.1, 0.15) is 0 Å². The molecule has 0 aliphatic heterocycles. The van der Waals surface area contributed by atoms with Crippen LogP contribution in [-0.4, -0.2) is 40.7 Å². The van der Waals surface area contributed by atoms with Gasteiger partial charge < -0.3 is 15.3 Å². The van der Waals surface area contributed by atoms with Gasteiger partial charge in [0.25, 0.3) is 0 Å². The molecule has 0 spiro atoms. The van der Waals surface area contributed by atoms with E-state index in [0.717, 1.165) is 24.2 Å². The zero-order valence-electron chi connectivity index (χ0n) is 11.0. The lowest BCUT2D eigenvalue weighted by Crippen LogP contribution is -2.37. The molecule has 0 atom stereocenters. The van der Waals surface area contributed by atoms with Crippen molar-refractivity contribution in [3.8, 4) is 0 Å². The van der Waals surface area contributed by atoms with Crippen LogP contribution in [0.2, 0.25) is 0 Å². The van der Waals surface area contributed by atoms with Crippen LogP contribution in [-0.2, 0) is 0 Å². The van der Waals surface area contributed by atoms with Crippen molar-refractivity contribution in [3.05, 3.63) is 24.0 Å². The fraction of sp³-hybridized carbons (Fsp3) is 0.538. The van der Waals surface area contributed by atoms with E-state index in [4.69, 9.17) is 5.11 Å². The predicted molar refractivity (Wildman–Crippen MR) is 71.6 cm³/mol. The van der Waals surface area contributed by atoms with Crippen molar-refractivity contribution in [2.24, 2.45) is 0 Å². The number of urea groups is 1. The maximum Gasteiger partial charge on any atom is 0.321 e. The number of carbonyl (C=O) groups is 1. The zero-order valence-corrected chi connectivity index (χ0v) is 11.0. The summed E-state index contributed by atoms with van der Waals surface area (Å²) in [6, 6.07) is 3.39. The molecular weight excluding hydrogens is 230 g/mol. The largest absolute Gasteiger partial charge is 0.395 e. The number of hydrogen-bond acceptors (Lipinski definition) is 3. The first-order chi connectivity index (χ1) is 8.67.